The number of thiazole rings is 1. The van der Waals surface area contributed by atoms with E-state index in [4.69, 9.17) is 9.72 Å². The van der Waals surface area contributed by atoms with Crippen LogP contribution in [0.3, 0.4) is 0 Å². The van der Waals surface area contributed by atoms with Crippen molar-refractivity contribution in [2.75, 3.05) is 26.8 Å². The van der Waals surface area contributed by atoms with Crippen molar-refractivity contribution in [3.8, 4) is 0 Å². The molecule has 2 N–H and O–H groups in total. The minimum atomic E-state index is -0.793. The third-order valence-corrected chi connectivity index (χ3v) is 8.78. The van der Waals surface area contributed by atoms with Gasteiger partial charge in [-0.1, -0.05) is 37.4 Å². The first kappa shape index (κ1) is 24.2. The van der Waals surface area contributed by atoms with Gasteiger partial charge in [-0.3, -0.25) is 9.69 Å². The van der Waals surface area contributed by atoms with E-state index in [1.807, 2.05) is 19.4 Å². The van der Waals surface area contributed by atoms with Crippen LogP contribution in [0.4, 0.5) is 0 Å². The molecule has 1 aromatic heterocycles. The van der Waals surface area contributed by atoms with Gasteiger partial charge in [0.15, 0.2) is 4.34 Å². The van der Waals surface area contributed by atoms with Gasteiger partial charge >= 0.3 is 5.97 Å². The van der Waals surface area contributed by atoms with Gasteiger partial charge in [0, 0.05) is 28.8 Å². The largest absolute Gasteiger partial charge is 0.457 e. The monoisotopic (exact) mass is 491 g/mol. The second kappa shape index (κ2) is 9.71. The summed E-state index contributed by atoms with van der Waals surface area (Å²) in [5.41, 5.74) is 2.22. The van der Waals surface area contributed by atoms with Gasteiger partial charge in [-0.25, -0.2) is 9.78 Å². The summed E-state index contributed by atoms with van der Waals surface area (Å²) in [5.74, 6) is -1.49. The van der Waals surface area contributed by atoms with Gasteiger partial charge < -0.3 is 19.8 Å². The van der Waals surface area contributed by atoms with Crippen LogP contribution in [0.2, 0.25) is 0 Å². The number of amides is 1. The maximum atomic E-state index is 12.9. The van der Waals surface area contributed by atoms with E-state index in [9.17, 15) is 19.8 Å². The van der Waals surface area contributed by atoms with Gasteiger partial charge in [0.25, 0.3) is 0 Å². The van der Waals surface area contributed by atoms with Gasteiger partial charge in [0.05, 0.1) is 30.4 Å². The molecule has 8 nitrogen and oxygen atoms in total. The predicted octanol–water partition coefficient (Wildman–Crippen LogP) is 2.11. The molecular weight excluding hydrogens is 462 g/mol. The molecule has 4 heterocycles. The van der Waals surface area contributed by atoms with Crippen LogP contribution in [0.15, 0.2) is 39.1 Å². The molecular formula is C23H29N3O5S2. The third kappa shape index (κ3) is 4.30. The first-order valence-electron chi connectivity index (χ1n) is 11.0. The van der Waals surface area contributed by atoms with Crippen LogP contribution < -0.4 is 0 Å². The van der Waals surface area contributed by atoms with E-state index in [-0.39, 0.29) is 42.8 Å². The molecule has 0 bridgehead atoms. The average Bonchev–Trinajstić information content (AvgIpc) is 3.34. The van der Waals surface area contributed by atoms with Crippen molar-refractivity contribution in [1.82, 2.24) is 14.8 Å². The zero-order chi connectivity index (χ0) is 23.9. The predicted molar refractivity (Wildman–Crippen MR) is 127 cm³/mol. The van der Waals surface area contributed by atoms with E-state index >= 15 is 0 Å². The van der Waals surface area contributed by atoms with E-state index in [0.29, 0.717) is 0 Å². The number of esters is 1. The number of hydrogen-bond acceptors (Lipinski definition) is 9. The first-order valence-corrected chi connectivity index (χ1v) is 12.6. The number of thioether (sulfide) groups is 1. The van der Waals surface area contributed by atoms with Crippen LogP contribution >= 0.6 is 23.1 Å². The fourth-order valence-corrected chi connectivity index (χ4v) is 6.81. The summed E-state index contributed by atoms with van der Waals surface area (Å²) < 4.78 is 6.05. The molecule has 10 heteroatoms. The summed E-state index contributed by atoms with van der Waals surface area (Å²) in [6.45, 7) is 8.05. The van der Waals surface area contributed by atoms with E-state index in [1.165, 1.54) is 34.1 Å². The number of aliphatic hydroxyl groups excluding tert-OH is 2. The van der Waals surface area contributed by atoms with Crippen molar-refractivity contribution >= 4 is 40.5 Å². The van der Waals surface area contributed by atoms with Crippen molar-refractivity contribution in [1.29, 1.82) is 0 Å². The number of carbonyl (C=O) groups excluding carboxylic acids is 2. The van der Waals surface area contributed by atoms with Crippen LogP contribution in [-0.2, 0) is 14.3 Å². The SMILES string of the molecule is C=CCOC(=O)C1=C(Sc2nc(C3=CCN(C)[C@@H](CO)C3)cs2)[C@H](C)[C@@H]2[C@@H]([C@@H](C)O)C(=O)N12. The minimum absolute atomic E-state index is 0.0528. The molecule has 33 heavy (non-hydrogen) atoms. The Morgan fingerprint density at radius 2 is 2.27 bits per heavy atom. The molecule has 1 fully saturated rings. The van der Waals surface area contributed by atoms with E-state index in [1.54, 1.807) is 6.92 Å². The highest BCUT2D eigenvalue weighted by molar-refractivity contribution is 8.04. The molecule has 0 aliphatic carbocycles. The molecule has 0 radical (unpaired) electrons. The maximum absolute atomic E-state index is 12.9. The molecule has 1 aromatic rings. The van der Waals surface area contributed by atoms with Crippen molar-refractivity contribution in [2.45, 2.75) is 42.8 Å². The number of aromatic nitrogens is 1. The number of carbonyl (C=O) groups is 2. The quantitative estimate of drug-likeness (QED) is 0.324. The topological polar surface area (TPSA) is 103 Å². The number of fused-ring (bicyclic) bond motifs is 1. The minimum Gasteiger partial charge on any atom is -0.457 e. The van der Waals surface area contributed by atoms with Crippen molar-refractivity contribution in [2.24, 2.45) is 11.8 Å². The Morgan fingerprint density at radius 3 is 2.94 bits per heavy atom. The lowest BCUT2D eigenvalue weighted by Crippen LogP contribution is -2.63. The van der Waals surface area contributed by atoms with E-state index < -0.39 is 18.0 Å². The Bertz CT molecular complexity index is 1020. The lowest BCUT2D eigenvalue weighted by Gasteiger charge is -2.46. The van der Waals surface area contributed by atoms with Gasteiger partial charge in [-0.05, 0) is 26.0 Å². The molecule has 0 aromatic carbocycles. The zero-order valence-corrected chi connectivity index (χ0v) is 20.6. The summed E-state index contributed by atoms with van der Waals surface area (Å²) in [5, 5.41) is 21.7. The Kier molecular flexibility index (Phi) is 7.11. The van der Waals surface area contributed by atoms with Crippen molar-refractivity contribution < 1.29 is 24.5 Å². The summed E-state index contributed by atoms with van der Waals surface area (Å²) in [7, 11) is 1.99. The highest BCUT2D eigenvalue weighted by Gasteiger charge is 2.60. The summed E-state index contributed by atoms with van der Waals surface area (Å²) >= 11 is 2.87. The fraction of sp³-hybridized carbons (Fsp3) is 0.522. The van der Waals surface area contributed by atoms with E-state index in [2.05, 4.69) is 17.6 Å². The Labute approximate surface area is 201 Å². The first-order chi connectivity index (χ1) is 15.8. The summed E-state index contributed by atoms with van der Waals surface area (Å²) in [6.07, 6.45) is 3.54. The maximum Gasteiger partial charge on any atom is 0.356 e. The lowest BCUT2D eigenvalue weighted by molar-refractivity contribution is -0.164. The normalized spacial score (nSPS) is 28.3. The number of β-lactam (4-membered cyclic amide) rings is 1. The average molecular weight is 492 g/mol. The number of hydrogen-bond donors (Lipinski definition) is 2. The molecule has 4 rings (SSSR count). The molecule has 1 saturated heterocycles. The number of aliphatic hydroxyl groups is 2. The highest BCUT2D eigenvalue weighted by Crippen LogP contribution is 2.52. The highest BCUT2D eigenvalue weighted by atomic mass is 32.2. The Balaban J connectivity index is 1.60. The number of likely N-dealkylation sites (N-methyl/N-ethyl adjacent to an activating group) is 1. The summed E-state index contributed by atoms with van der Waals surface area (Å²) in [6, 6.07) is -0.203. The Morgan fingerprint density at radius 1 is 1.52 bits per heavy atom. The number of rotatable bonds is 8. The standard InChI is InChI=1S/C23H29N3O5S2/c1-5-8-31-22(30)19-20(12(2)18-17(13(3)28)21(29)26(18)19)33-23-24-16(11-32-23)14-6-7-25(4)15(9-14)10-27/h5-6,11-13,15,17-18,27-28H,1,7-10H2,2-4H3/t12-,13-,15-,17-,18-/m1/s1. The third-order valence-electron chi connectivity index (χ3n) is 6.56. The molecule has 3 aliphatic rings. The lowest BCUT2D eigenvalue weighted by atomic mass is 9.79. The van der Waals surface area contributed by atoms with Crippen molar-refractivity contribution in [3.63, 3.8) is 0 Å². The van der Waals surface area contributed by atoms with Gasteiger partial charge in [0.2, 0.25) is 5.91 Å². The van der Waals surface area contributed by atoms with Crippen LogP contribution in [0, 0.1) is 11.8 Å². The zero-order valence-electron chi connectivity index (χ0n) is 18.9. The molecule has 178 valence electrons. The van der Waals surface area contributed by atoms with Crippen LogP contribution in [0.25, 0.3) is 5.57 Å². The molecule has 3 aliphatic heterocycles. The Hall–Kier alpha value is -1.98. The molecule has 5 atom stereocenters. The molecule has 0 saturated carbocycles. The number of nitrogens with zero attached hydrogens (tertiary/aromatic N) is 3. The molecule has 0 spiro atoms. The molecule has 0 unspecified atom stereocenters. The van der Waals surface area contributed by atoms with Crippen molar-refractivity contribution in [3.05, 3.63) is 40.4 Å². The van der Waals surface area contributed by atoms with Crippen LogP contribution in [0.1, 0.15) is 26.0 Å². The number of ether oxygens (including phenoxy) is 1. The molecule has 1 amide bonds. The van der Waals surface area contributed by atoms with Gasteiger partial charge in [-0.2, -0.15) is 0 Å². The fourth-order valence-electron chi connectivity index (χ4n) is 4.71. The second-order valence-corrected chi connectivity index (χ2v) is 10.8. The van der Waals surface area contributed by atoms with Crippen LogP contribution in [0.5, 0.6) is 0 Å². The van der Waals surface area contributed by atoms with E-state index in [0.717, 1.165) is 33.5 Å². The van der Waals surface area contributed by atoms with Gasteiger partial charge in [-0.15, -0.1) is 11.3 Å². The summed E-state index contributed by atoms with van der Waals surface area (Å²) in [4.78, 5) is 34.7. The smallest absolute Gasteiger partial charge is 0.356 e. The van der Waals surface area contributed by atoms with Gasteiger partial charge in [0.1, 0.15) is 12.3 Å². The van der Waals surface area contributed by atoms with Crippen LogP contribution in [-0.4, -0.2) is 81.9 Å². The second-order valence-electron chi connectivity index (χ2n) is 8.66.